The summed E-state index contributed by atoms with van der Waals surface area (Å²) in [7, 11) is 0. The number of ether oxygens (including phenoxy) is 2. The van der Waals surface area contributed by atoms with Crippen molar-refractivity contribution in [3.05, 3.63) is 70.1 Å². The molecule has 5 nitrogen and oxygen atoms in total. The Morgan fingerprint density at radius 3 is 2.53 bits per heavy atom. The van der Waals surface area contributed by atoms with Gasteiger partial charge in [0.15, 0.2) is 6.61 Å². The largest absolute Gasteiger partial charge is 0.493 e. The topological polar surface area (TPSA) is 68.7 Å². The van der Waals surface area contributed by atoms with Gasteiger partial charge in [0.25, 0.3) is 0 Å². The summed E-state index contributed by atoms with van der Waals surface area (Å²) >= 11 is 1.41. The van der Waals surface area contributed by atoms with Crippen LogP contribution in [0, 0.1) is 6.92 Å². The molecule has 0 fully saturated rings. The number of aryl methyl sites for hydroxylation is 1. The molecule has 168 valence electrons. The molecule has 3 rings (SSSR count). The molecule has 1 N–H and O–H groups in total. The molecule has 3 aromatic rings. The average molecular weight is 463 g/mol. The summed E-state index contributed by atoms with van der Waals surface area (Å²) in [5, 5.41) is 11.4. The van der Waals surface area contributed by atoms with Crippen LogP contribution in [0.15, 0.2) is 48.4 Å². The van der Waals surface area contributed by atoms with E-state index in [1.165, 1.54) is 23.5 Å². The fourth-order valence-electron chi connectivity index (χ4n) is 2.89. The van der Waals surface area contributed by atoms with Crippen molar-refractivity contribution in [2.45, 2.75) is 19.5 Å². The molecule has 32 heavy (non-hydrogen) atoms. The maximum absolute atomic E-state index is 12.7. The normalized spacial score (nSPS) is 11.2. The predicted octanol–water partition coefficient (Wildman–Crippen LogP) is 5.87. The lowest BCUT2D eigenvalue weighted by Gasteiger charge is -2.13. The van der Waals surface area contributed by atoms with E-state index in [9.17, 15) is 18.0 Å². The first-order valence-electron chi connectivity index (χ1n) is 9.54. The van der Waals surface area contributed by atoms with Crippen molar-refractivity contribution >= 4 is 23.4 Å². The zero-order valence-electron chi connectivity index (χ0n) is 17.1. The molecule has 0 aliphatic carbocycles. The minimum atomic E-state index is -4.37. The Morgan fingerprint density at radius 1 is 1.19 bits per heavy atom. The molecule has 0 spiro atoms. The van der Waals surface area contributed by atoms with Gasteiger partial charge in [0, 0.05) is 22.9 Å². The van der Waals surface area contributed by atoms with E-state index in [-0.39, 0.29) is 0 Å². The number of alkyl halides is 3. The number of aromatic nitrogens is 1. The van der Waals surface area contributed by atoms with Crippen LogP contribution >= 0.6 is 11.3 Å². The van der Waals surface area contributed by atoms with Crippen LogP contribution < -0.4 is 9.47 Å². The van der Waals surface area contributed by atoms with Gasteiger partial charge in [-0.05, 0) is 36.8 Å². The molecular weight excluding hydrogens is 443 g/mol. The van der Waals surface area contributed by atoms with Gasteiger partial charge in [-0.2, -0.15) is 13.2 Å². The van der Waals surface area contributed by atoms with E-state index < -0.39 is 24.3 Å². The Kier molecular flexibility index (Phi) is 7.19. The number of nitrogens with zero attached hydrogens (tertiary/aromatic N) is 1. The van der Waals surface area contributed by atoms with Crippen LogP contribution in [0.4, 0.5) is 13.2 Å². The van der Waals surface area contributed by atoms with E-state index in [0.29, 0.717) is 41.3 Å². The van der Waals surface area contributed by atoms with Crippen LogP contribution in [-0.2, 0) is 17.4 Å². The van der Waals surface area contributed by atoms with Crippen LogP contribution in [0.25, 0.3) is 17.3 Å². The average Bonchev–Trinajstić information content (AvgIpc) is 3.21. The van der Waals surface area contributed by atoms with Crippen molar-refractivity contribution in [2.24, 2.45) is 0 Å². The summed E-state index contributed by atoms with van der Waals surface area (Å²) in [6.07, 6.45) is -2.26. The molecule has 2 aromatic carbocycles. The first-order chi connectivity index (χ1) is 15.2. The number of hydrogen-bond donors (Lipinski definition) is 1. The number of rotatable bonds is 9. The van der Waals surface area contributed by atoms with E-state index in [4.69, 9.17) is 14.6 Å². The Labute approximate surface area is 186 Å². The SMILES string of the molecule is C=Cc1cc(OCC(=O)O)c(C)cc1OCCc1nc(-c2ccc(C(F)(F)F)cc2)cs1. The van der Waals surface area contributed by atoms with Crippen LogP contribution in [-0.4, -0.2) is 29.3 Å². The number of carboxylic acid groups (broad SMARTS) is 1. The van der Waals surface area contributed by atoms with Crippen LogP contribution in [0.3, 0.4) is 0 Å². The molecule has 1 aromatic heterocycles. The minimum Gasteiger partial charge on any atom is -0.493 e. The number of aliphatic carboxylic acids is 1. The Morgan fingerprint density at radius 2 is 1.91 bits per heavy atom. The van der Waals surface area contributed by atoms with Crippen molar-refractivity contribution in [2.75, 3.05) is 13.2 Å². The van der Waals surface area contributed by atoms with E-state index in [1.807, 2.05) is 0 Å². The first-order valence-corrected chi connectivity index (χ1v) is 10.4. The first kappa shape index (κ1) is 23.3. The van der Waals surface area contributed by atoms with E-state index in [1.54, 1.807) is 30.5 Å². The lowest BCUT2D eigenvalue weighted by molar-refractivity contribution is -0.139. The highest BCUT2D eigenvalue weighted by Crippen LogP contribution is 2.32. The Bertz CT molecular complexity index is 1110. The van der Waals surface area contributed by atoms with Gasteiger partial charge in [0.2, 0.25) is 0 Å². The highest BCUT2D eigenvalue weighted by atomic mass is 32.1. The predicted molar refractivity (Wildman–Crippen MR) is 116 cm³/mol. The zero-order valence-corrected chi connectivity index (χ0v) is 17.9. The van der Waals surface area contributed by atoms with Gasteiger partial charge in [0.1, 0.15) is 11.5 Å². The summed E-state index contributed by atoms with van der Waals surface area (Å²) in [5.74, 6) is -0.0422. The van der Waals surface area contributed by atoms with Gasteiger partial charge in [-0.1, -0.05) is 24.8 Å². The molecule has 0 radical (unpaired) electrons. The lowest BCUT2D eigenvalue weighted by atomic mass is 10.1. The van der Waals surface area contributed by atoms with E-state index in [2.05, 4.69) is 11.6 Å². The van der Waals surface area contributed by atoms with Crippen molar-refractivity contribution in [3.8, 4) is 22.8 Å². The maximum Gasteiger partial charge on any atom is 0.416 e. The second kappa shape index (κ2) is 9.86. The van der Waals surface area contributed by atoms with Crippen molar-refractivity contribution in [3.63, 3.8) is 0 Å². The third-order valence-corrected chi connectivity index (χ3v) is 5.42. The van der Waals surface area contributed by atoms with Crippen LogP contribution in [0.1, 0.15) is 21.7 Å². The number of hydrogen-bond acceptors (Lipinski definition) is 5. The molecule has 0 aliphatic rings. The van der Waals surface area contributed by atoms with E-state index in [0.717, 1.165) is 22.7 Å². The van der Waals surface area contributed by atoms with Crippen molar-refractivity contribution < 1.29 is 32.5 Å². The van der Waals surface area contributed by atoms with Gasteiger partial charge >= 0.3 is 12.1 Å². The fourth-order valence-corrected chi connectivity index (χ4v) is 3.68. The highest BCUT2D eigenvalue weighted by molar-refractivity contribution is 7.09. The standard InChI is InChI=1S/C23H20F3NO4S/c1-3-15-11-19(31-12-22(28)29)14(2)10-20(15)30-9-8-21-27-18(13-32-21)16-4-6-17(7-5-16)23(24,25)26/h3-7,10-11,13H,1,8-9,12H2,2H3,(H,28,29). The third kappa shape index (κ3) is 5.88. The molecule has 0 unspecified atom stereocenters. The number of halogens is 3. The molecule has 0 aliphatic heterocycles. The molecule has 1 heterocycles. The molecule has 0 saturated carbocycles. The smallest absolute Gasteiger partial charge is 0.416 e. The number of carbonyl (C=O) groups is 1. The summed E-state index contributed by atoms with van der Waals surface area (Å²) in [6, 6.07) is 8.33. The highest BCUT2D eigenvalue weighted by Gasteiger charge is 2.30. The summed E-state index contributed by atoms with van der Waals surface area (Å²) in [5.41, 5.74) is 1.92. The van der Waals surface area contributed by atoms with E-state index >= 15 is 0 Å². The number of benzene rings is 2. The maximum atomic E-state index is 12.7. The zero-order chi connectivity index (χ0) is 23.3. The monoisotopic (exact) mass is 463 g/mol. The second-order valence-electron chi connectivity index (χ2n) is 6.84. The molecule has 0 saturated heterocycles. The minimum absolute atomic E-state index is 0.329. The molecule has 0 bridgehead atoms. The van der Waals surface area contributed by atoms with Gasteiger partial charge < -0.3 is 14.6 Å². The van der Waals surface area contributed by atoms with Crippen LogP contribution in [0.5, 0.6) is 11.5 Å². The van der Waals surface area contributed by atoms with Gasteiger partial charge in [-0.25, -0.2) is 9.78 Å². The van der Waals surface area contributed by atoms with Gasteiger partial charge in [-0.3, -0.25) is 0 Å². The Hall–Kier alpha value is -3.33. The molecule has 0 atom stereocenters. The number of thiazole rings is 1. The summed E-state index contributed by atoms with van der Waals surface area (Å²) in [6.45, 7) is 5.42. The second-order valence-corrected chi connectivity index (χ2v) is 7.78. The van der Waals surface area contributed by atoms with Crippen LogP contribution in [0.2, 0.25) is 0 Å². The fraction of sp³-hybridized carbons (Fsp3) is 0.217. The quantitative estimate of drug-likeness (QED) is 0.430. The van der Waals surface area contributed by atoms with Crippen molar-refractivity contribution in [1.29, 1.82) is 0 Å². The molecule has 9 heteroatoms. The molecule has 0 amide bonds. The third-order valence-electron chi connectivity index (χ3n) is 4.51. The van der Waals surface area contributed by atoms with Gasteiger partial charge in [0.05, 0.1) is 22.9 Å². The van der Waals surface area contributed by atoms with Crippen molar-refractivity contribution in [1.82, 2.24) is 4.98 Å². The Balaban J connectivity index is 1.62. The van der Waals surface area contributed by atoms with Gasteiger partial charge in [-0.15, -0.1) is 11.3 Å². The summed E-state index contributed by atoms with van der Waals surface area (Å²) in [4.78, 5) is 15.2. The molecular formula is C23H20F3NO4S. The summed E-state index contributed by atoms with van der Waals surface area (Å²) < 4.78 is 49.3. The lowest BCUT2D eigenvalue weighted by Crippen LogP contribution is -2.10. The number of carboxylic acids is 1.